The number of ether oxygens (including phenoxy) is 1. The average Bonchev–Trinajstić information content (AvgIpc) is 3.54. The number of amides is 1. The number of rotatable bonds is 7. The molecule has 1 N–H and O–H groups in total. The van der Waals surface area contributed by atoms with E-state index in [1.807, 2.05) is 71.4 Å². The first-order valence-corrected chi connectivity index (χ1v) is 12.8. The maximum Gasteiger partial charge on any atom is 0.340 e. The van der Waals surface area contributed by atoms with Crippen molar-refractivity contribution in [2.45, 2.75) is 6.54 Å². The molecule has 0 radical (unpaired) electrons. The molecular formula is C31H22FN3O3S. The maximum absolute atomic E-state index is 13.4. The van der Waals surface area contributed by atoms with Crippen molar-refractivity contribution in [3.8, 4) is 16.5 Å². The summed E-state index contributed by atoms with van der Waals surface area (Å²) in [6, 6.07) is 27.0. The van der Waals surface area contributed by atoms with Crippen LogP contribution < -0.4 is 5.32 Å². The van der Waals surface area contributed by atoms with Gasteiger partial charge in [0, 0.05) is 34.1 Å². The minimum atomic E-state index is -0.639. The molecule has 0 aliphatic carbocycles. The molecule has 1 amide bonds. The minimum Gasteiger partial charge on any atom is -0.465 e. The van der Waals surface area contributed by atoms with Crippen LogP contribution in [0.1, 0.15) is 21.5 Å². The van der Waals surface area contributed by atoms with Crippen molar-refractivity contribution in [2.24, 2.45) is 0 Å². The molecule has 0 aliphatic rings. The fourth-order valence-electron chi connectivity index (χ4n) is 4.27. The summed E-state index contributed by atoms with van der Waals surface area (Å²) in [5.41, 5.74) is 3.48. The lowest BCUT2D eigenvalue weighted by molar-refractivity contribution is -0.112. The molecule has 3 aromatic carbocycles. The van der Waals surface area contributed by atoms with Gasteiger partial charge < -0.3 is 14.6 Å². The summed E-state index contributed by atoms with van der Waals surface area (Å²) in [6.07, 6.45) is 3.39. The number of halogens is 1. The first-order chi connectivity index (χ1) is 19.0. The Labute approximate surface area is 228 Å². The number of hydrogen-bond donors (Lipinski definition) is 1. The Bertz CT molecular complexity index is 1750. The van der Waals surface area contributed by atoms with Crippen molar-refractivity contribution >= 4 is 45.2 Å². The molecule has 8 heteroatoms. The van der Waals surface area contributed by atoms with Crippen molar-refractivity contribution in [3.63, 3.8) is 0 Å². The molecule has 0 atom stereocenters. The van der Waals surface area contributed by atoms with Crippen molar-refractivity contribution in [2.75, 3.05) is 12.4 Å². The summed E-state index contributed by atoms with van der Waals surface area (Å²) in [6.45, 7) is 0.489. The predicted octanol–water partition coefficient (Wildman–Crippen LogP) is 6.89. The molecule has 0 unspecified atom stereocenters. The van der Waals surface area contributed by atoms with E-state index in [2.05, 4.69) is 5.32 Å². The van der Waals surface area contributed by atoms with Gasteiger partial charge in [0.1, 0.15) is 22.5 Å². The van der Waals surface area contributed by atoms with Crippen molar-refractivity contribution in [1.29, 1.82) is 5.26 Å². The molecule has 6 nitrogen and oxygen atoms in total. The molecule has 0 aliphatic heterocycles. The molecule has 0 spiro atoms. The molecule has 2 heterocycles. The number of methoxy groups -OCH3 is 1. The Hall–Kier alpha value is -5.00. The molecule has 192 valence electrons. The predicted molar refractivity (Wildman–Crippen MR) is 151 cm³/mol. The Morgan fingerprint density at radius 1 is 1.05 bits per heavy atom. The SMILES string of the molecule is COC(=O)c1cc(-c2ccccc2)sc1NC(=O)/C(C#N)=C/c1cn(Cc2ccc(F)cc2)c2ccccc12. The number of aromatic nitrogens is 1. The third-order valence-corrected chi connectivity index (χ3v) is 7.27. The van der Waals surface area contributed by atoms with Crippen LogP contribution in [0.15, 0.2) is 96.7 Å². The highest BCUT2D eigenvalue weighted by atomic mass is 32.1. The molecule has 0 saturated carbocycles. The number of carbonyl (C=O) groups excluding carboxylic acids is 2. The van der Waals surface area contributed by atoms with E-state index in [0.717, 1.165) is 26.9 Å². The fourth-order valence-corrected chi connectivity index (χ4v) is 5.32. The summed E-state index contributed by atoms with van der Waals surface area (Å²) in [5, 5.41) is 13.8. The van der Waals surface area contributed by atoms with Crippen LogP contribution in [-0.4, -0.2) is 23.6 Å². The molecule has 0 bridgehead atoms. The molecule has 0 saturated heterocycles. The molecule has 0 fully saturated rings. The van der Waals surface area contributed by atoms with E-state index >= 15 is 0 Å². The summed E-state index contributed by atoms with van der Waals surface area (Å²) >= 11 is 1.23. The third-order valence-electron chi connectivity index (χ3n) is 6.17. The van der Waals surface area contributed by atoms with Crippen LogP contribution in [-0.2, 0) is 16.1 Å². The van der Waals surface area contributed by atoms with Gasteiger partial charge in [0.25, 0.3) is 5.91 Å². The van der Waals surface area contributed by atoms with E-state index in [1.165, 1.54) is 36.7 Å². The van der Waals surface area contributed by atoms with E-state index in [-0.39, 0.29) is 17.0 Å². The van der Waals surface area contributed by atoms with Crippen molar-refractivity contribution < 1.29 is 18.7 Å². The van der Waals surface area contributed by atoms with Gasteiger partial charge in [0.2, 0.25) is 0 Å². The fraction of sp³-hybridized carbons (Fsp3) is 0.0645. The van der Waals surface area contributed by atoms with E-state index in [1.54, 1.807) is 18.2 Å². The van der Waals surface area contributed by atoms with Crippen LogP contribution in [0.25, 0.3) is 27.4 Å². The molecule has 39 heavy (non-hydrogen) atoms. The highest BCUT2D eigenvalue weighted by molar-refractivity contribution is 7.20. The number of anilines is 1. The highest BCUT2D eigenvalue weighted by Gasteiger charge is 2.21. The average molecular weight is 536 g/mol. The number of nitriles is 1. The minimum absolute atomic E-state index is 0.120. The Kier molecular flexibility index (Phi) is 7.34. The van der Waals surface area contributed by atoms with E-state index in [0.29, 0.717) is 17.1 Å². The van der Waals surface area contributed by atoms with Gasteiger partial charge in [0.15, 0.2) is 0 Å². The van der Waals surface area contributed by atoms with Gasteiger partial charge in [-0.3, -0.25) is 4.79 Å². The van der Waals surface area contributed by atoms with Crippen LogP contribution in [0, 0.1) is 17.1 Å². The largest absolute Gasteiger partial charge is 0.465 e. The number of hydrogen-bond acceptors (Lipinski definition) is 5. The molecule has 5 rings (SSSR count). The van der Waals surface area contributed by atoms with Gasteiger partial charge in [-0.15, -0.1) is 11.3 Å². The molecule has 2 aromatic heterocycles. The number of thiophene rings is 1. The third kappa shape index (κ3) is 5.49. The summed E-state index contributed by atoms with van der Waals surface area (Å²) in [4.78, 5) is 26.4. The monoisotopic (exact) mass is 535 g/mol. The molecular weight excluding hydrogens is 513 g/mol. The van der Waals surface area contributed by atoms with Crippen LogP contribution in [0.3, 0.4) is 0 Å². The first-order valence-electron chi connectivity index (χ1n) is 12.0. The Balaban J connectivity index is 1.47. The van der Waals surface area contributed by atoms with E-state index in [4.69, 9.17) is 4.74 Å². The zero-order chi connectivity index (χ0) is 27.4. The number of carbonyl (C=O) groups is 2. The van der Waals surface area contributed by atoms with E-state index in [9.17, 15) is 19.2 Å². The number of benzene rings is 3. The zero-order valence-electron chi connectivity index (χ0n) is 20.9. The normalized spacial score (nSPS) is 11.3. The second-order valence-electron chi connectivity index (χ2n) is 8.69. The Morgan fingerprint density at radius 2 is 1.77 bits per heavy atom. The lowest BCUT2D eigenvalue weighted by atomic mass is 10.1. The lowest BCUT2D eigenvalue weighted by Gasteiger charge is -2.05. The highest BCUT2D eigenvalue weighted by Crippen LogP contribution is 2.36. The van der Waals surface area contributed by atoms with Crippen LogP contribution >= 0.6 is 11.3 Å². The van der Waals surface area contributed by atoms with Crippen LogP contribution in [0.5, 0.6) is 0 Å². The Morgan fingerprint density at radius 3 is 2.49 bits per heavy atom. The second-order valence-corrected chi connectivity index (χ2v) is 9.74. The number of nitrogens with one attached hydrogen (secondary N) is 1. The van der Waals surface area contributed by atoms with Gasteiger partial charge in [-0.25, -0.2) is 9.18 Å². The number of fused-ring (bicyclic) bond motifs is 1. The van der Waals surface area contributed by atoms with Gasteiger partial charge >= 0.3 is 5.97 Å². The van der Waals surface area contributed by atoms with Gasteiger partial charge in [0.05, 0.1) is 12.7 Å². The topological polar surface area (TPSA) is 84.1 Å². The lowest BCUT2D eigenvalue weighted by Crippen LogP contribution is -2.15. The number of esters is 1. The number of nitrogens with zero attached hydrogens (tertiary/aromatic N) is 2. The summed E-state index contributed by atoms with van der Waals surface area (Å²) in [7, 11) is 1.27. The van der Waals surface area contributed by atoms with Crippen molar-refractivity contribution in [1.82, 2.24) is 4.57 Å². The smallest absolute Gasteiger partial charge is 0.340 e. The van der Waals surface area contributed by atoms with Gasteiger partial charge in [-0.05, 0) is 41.5 Å². The van der Waals surface area contributed by atoms with E-state index < -0.39 is 11.9 Å². The molecule has 5 aromatic rings. The zero-order valence-corrected chi connectivity index (χ0v) is 21.7. The second kappa shape index (κ2) is 11.2. The van der Waals surface area contributed by atoms with Crippen LogP contribution in [0.4, 0.5) is 9.39 Å². The maximum atomic E-state index is 13.4. The number of para-hydroxylation sites is 1. The quantitative estimate of drug-likeness (QED) is 0.140. The standard InChI is InChI=1S/C31H22FN3O3S/c1-38-31(37)26-16-28(21-7-3-2-4-8-21)39-30(26)34-29(36)22(17-33)15-23-19-35(27-10-6-5-9-25(23)27)18-20-11-13-24(32)14-12-20/h2-16,19H,18H2,1H3,(H,34,36)/b22-15+. The van der Waals surface area contributed by atoms with Crippen molar-refractivity contribution in [3.05, 3.63) is 119 Å². The van der Waals surface area contributed by atoms with Gasteiger partial charge in [-0.1, -0.05) is 60.7 Å². The first kappa shape index (κ1) is 25.6. The summed E-state index contributed by atoms with van der Waals surface area (Å²) in [5.74, 6) is -1.53. The van der Waals surface area contributed by atoms with Crippen LogP contribution in [0.2, 0.25) is 0 Å². The summed E-state index contributed by atoms with van der Waals surface area (Å²) < 4.78 is 20.3. The van der Waals surface area contributed by atoms with Gasteiger partial charge in [-0.2, -0.15) is 5.26 Å².